The molecular formula is C24H24FNO2. The number of benzene rings is 3. The van der Waals surface area contributed by atoms with Crippen molar-refractivity contribution in [2.45, 2.75) is 25.9 Å². The maximum atomic E-state index is 14.6. The summed E-state index contributed by atoms with van der Waals surface area (Å²) in [6.07, 6.45) is -1.70. The average molecular weight is 377 g/mol. The van der Waals surface area contributed by atoms with Crippen LogP contribution in [-0.4, -0.2) is 23.6 Å². The molecule has 0 heterocycles. The first kappa shape index (κ1) is 19.8. The summed E-state index contributed by atoms with van der Waals surface area (Å²) in [5, 5.41) is 0. The predicted octanol–water partition coefficient (Wildman–Crippen LogP) is 4.77. The standard InChI is InChI=1S/C24H24FNO2/c25-23(24(27)28-19-22-14-8-3-9-15-22)18-26(16-20-10-4-1-5-11-20)17-21-12-6-2-7-13-21/h1-15,23H,16-19H2/t23-/m0/s1. The van der Waals surface area contributed by atoms with Crippen LogP contribution in [0.4, 0.5) is 4.39 Å². The van der Waals surface area contributed by atoms with Gasteiger partial charge in [-0.1, -0.05) is 91.0 Å². The van der Waals surface area contributed by atoms with Crippen molar-refractivity contribution in [3.8, 4) is 0 Å². The van der Waals surface area contributed by atoms with Crippen LogP contribution >= 0.6 is 0 Å². The van der Waals surface area contributed by atoms with Gasteiger partial charge in [0.2, 0.25) is 6.17 Å². The lowest BCUT2D eigenvalue weighted by Gasteiger charge is -2.24. The van der Waals surface area contributed by atoms with Gasteiger partial charge in [-0.15, -0.1) is 0 Å². The first-order valence-electron chi connectivity index (χ1n) is 9.35. The number of carbonyl (C=O) groups is 1. The minimum Gasteiger partial charge on any atom is -0.459 e. The molecule has 144 valence electrons. The molecule has 1 atom stereocenters. The molecule has 28 heavy (non-hydrogen) atoms. The molecule has 0 saturated carbocycles. The van der Waals surface area contributed by atoms with Gasteiger partial charge in [-0.2, -0.15) is 0 Å². The van der Waals surface area contributed by atoms with E-state index in [4.69, 9.17) is 4.74 Å². The molecule has 4 heteroatoms. The number of ether oxygens (including phenoxy) is 1. The number of carbonyl (C=O) groups excluding carboxylic acids is 1. The van der Waals surface area contributed by atoms with E-state index in [0.29, 0.717) is 13.1 Å². The van der Waals surface area contributed by atoms with Crippen LogP contribution in [0.5, 0.6) is 0 Å². The summed E-state index contributed by atoms with van der Waals surface area (Å²) >= 11 is 0. The highest BCUT2D eigenvalue weighted by Gasteiger charge is 2.23. The summed E-state index contributed by atoms with van der Waals surface area (Å²) in [6.45, 7) is 1.18. The number of esters is 1. The van der Waals surface area contributed by atoms with Gasteiger partial charge in [0.1, 0.15) is 6.61 Å². The van der Waals surface area contributed by atoms with E-state index in [9.17, 15) is 9.18 Å². The Morgan fingerprint density at radius 2 is 1.18 bits per heavy atom. The van der Waals surface area contributed by atoms with Crippen molar-refractivity contribution in [1.29, 1.82) is 0 Å². The third-order valence-electron chi connectivity index (χ3n) is 4.40. The van der Waals surface area contributed by atoms with Crippen LogP contribution < -0.4 is 0 Å². The van der Waals surface area contributed by atoms with Crippen LogP contribution in [0.25, 0.3) is 0 Å². The molecule has 0 aromatic heterocycles. The third kappa shape index (κ3) is 6.32. The smallest absolute Gasteiger partial charge is 0.342 e. The van der Waals surface area contributed by atoms with Gasteiger partial charge >= 0.3 is 5.97 Å². The highest BCUT2D eigenvalue weighted by molar-refractivity contribution is 5.74. The zero-order valence-electron chi connectivity index (χ0n) is 15.7. The van der Waals surface area contributed by atoms with E-state index < -0.39 is 12.1 Å². The molecule has 0 aliphatic carbocycles. The Labute approximate surface area is 165 Å². The molecule has 3 nitrogen and oxygen atoms in total. The highest BCUT2D eigenvalue weighted by atomic mass is 19.1. The minimum absolute atomic E-state index is 0.0165. The van der Waals surface area contributed by atoms with Gasteiger partial charge in [0.05, 0.1) is 0 Å². The van der Waals surface area contributed by atoms with Gasteiger partial charge in [0.15, 0.2) is 0 Å². The Bertz CT molecular complexity index is 799. The van der Waals surface area contributed by atoms with Crippen molar-refractivity contribution >= 4 is 5.97 Å². The van der Waals surface area contributed by atoms with Gasteiger partial charge in [-0.3, -0.25) is 4.90 Å². The Kier molecular flexibility index (Phi) is 7.33. The van der Waals surface area contributed by atoms with Gasteiger partial charge in [0.25, 0.3) is 0 Å². The van der Waals surface area contributed by atoms with Crippen molar-refractivity contribution in [2.24, 2.45) is 0 Å². The van der Waals surface area contributed by atoms with Crippen molar-refractivity contribution in [2.75, 3.05) is 6.54 Å². The van der Waals surface area contributed by atoms with Crippen LogP contribution in [0.15, 0.2) is 91.0 Å². The highest BCUT2D eigenvalue weighted by Crippen LogP contribution is 2.13. The molecule has 0 bridgehead atoms. The maximum Gasteiger partial charge on any atom is 0.342 e. The number of nitrogens with zero attached hydrogens (tertiary/aromatic N) is 1. The average Bonchev–Trinajstić information content (AvgIpc) is 2.74. The van der Waals surface area contributed by atoms with E-state index >= 15 is 0 Å². The second kappa shape index (κ2) is 10.4. The van der Waals surface area contributed by atoms with Gasteiger partial charge < -0.3 is 4.74 Å². The molecule has 0 unspecified atom stereocenters. The number of hydrogen-bond acceptors (Lipinski definition) is 3. The number of halogens is 1. The molecule has 3 aromatic carbocycles. The van der Waals surface area contributed by atoms with E-state index in [0.717, 1.165) is 16.7 Å². The summed E-state index contributed by atoms with van der Waals surface area (Å²) in [6, 6.07) is 29.0. The maximum absolute atomic E-state index is 14.6. The summed E-state index contributed by atoms with van der Waals surface area (Å²) in [5.74, 6) is -0.824. The van der Waals surface area contributed by atoms with Gasteiger partial charge in [0, 0.05) is 19.6 Å². The topological polar surface area (TPSA) is 29.5 Å². The van der Waals surface area contributed by atoms with Crippen LogP contribution in [0.3, 0.4) is 0 Å². The lowest BCUT2D eigenvalue weighted by molar-refractivity contribution is -0.151. The first-order valence-corrected chi connectivity index (χ1v) is 9.35. The van der Waals surface area contributed by atoms with Crippen molar-refractivity contribution in [1.82, 2.24) is 4.90 Å². The fourth-order valence-electron chi connectivity index (χ4n) is 2.99. The third-order valence-corrected chi connectivity index (χ3v) is 4.40. The van der Waals surface area contributed by atoms with Crippen LogP contribution in [0.1, 0.15) is 16.7 Å². The summed E-state index contributed by atoms with van der Waals surface area (Å²) in [7, 11) is 0. The van der Waals surface area contributed by atoms with Crippen LogP contribution in [0.2, 0.25) is 0 Å². The first-order chi connectivity index (χ1) is 13.7. The van der Waals surface area contributed by atoms with E-state index in [-0.39, 0.29) is 13.2 Å². The SMILES string of the molecule is O=C(OCc1ccccc1)[C@@H](F)CN(Cc1ccccc1)Cc1ccccc1. The number of hydrogen-bond donors (Lipinski definition) is 0. The quantitative estimate of drug-likeness (QED) is 0.503. The van der Waals surface area contributed by atoms with E-state index in [1.165, 1.54) is 0 Å². The van der Waals surface area contributed by atoms with Crippen molar-refractivity contribution in [3.05, 3.63) is 108 Å². The minimum atomic E-state index is -1.70. The summed E-state index contributed by atoms with van der Waals surface area (Å²) < 4.78 is 19.8. The van der Waals surface area contributed by atoms with E-state index in [2.05, 4.69) is 0 Å². The monoisotopic (exact) mass is 377 g/mol. The molecule has 0 aliphatic heterocycles. The zero-order chi connectivity index (χ0) is 19.6. The molecule has 3 aromatic rings. The Morgan fingerprint density at radius 1 is 0.750 bits per heavy atom. The molecule has 0 amide bonds. The Hall–Kier alpha value is -2.98. The lowest BCUT2D eigenvalue weighted by atomic mass is 10.1. The molecule has 3 rings (SSSR count). The normalized spacial score (nSPS) is 11.9. The lowest BCUT2D eigenvalue weighted by Crippen LogP contribution is -2.34. The molecule has 0 spiro atoms. The molecule has 0 aliphatic rings. The van der Waals surface area contributed by atoms with Crippen LogP contribution in [0, 0.1) is 0 Å². The Balaban J connectivity index is 1.61. The largest absolute Gasteiger partial charge is 0.459 e. The molecular weight excluding hydrogens is 353 g/mol. The molecule has 0 saturated heterocycles. The fourth-order valence-corrected chi connectivity index (χ4v) is 2.99. The number of rotatable bonds is 9. The van der Waals surface area contributed by atoms with E-state index in [1.807, 2.05) is 95.9 Å². The van der Waals surface area contributed by atoms with Crippen molar-refractivity contribution in [3.63, 3.8) is 0 Å². The van der Waals surface area contributed by atoms with Crippen LogP contribution in [-0.2, 0) is 29.2 Å². The number of alkyl halides is 1. The van der Waals surface area contributed by atoms with E-state index in [1.54, 1.807) is 0 Å². The van der Waals surface area contributed by atoms with Gasteiger partial charge in [-0.05, 0) is 16.7 Å². The zero-order valence-corrected chi connectivity index (χ0v) is 15.7. The fraction of sp³-hybridized carbons (Fsp3) is 0.208. The predicted molar refractivity (Wildman–Crippen MR) is 108 cm³/mol. The second-order valence-electron chi connectivity index (χ2n) is 6.70. The van der Waals surface area contributed by atoms with Gasteiger partial charge in [-0.25, -0.2) is 9.18 Å². The summed E-state index contributed by atoms with van der Waals surface area (Å²) in [4.78, 5) is 14.1. The van der Waals surface area contributed by atoms with Crippen molar-refractivity contribution < 1.29 is 13.9 Å². The summed E-state index contributed by atoms with van der Waals surface area (Å²) in [5.41, 5.74) is 2.99. The second-order valence-corrected chi connectivity index (χ2v) is 6.70. The molecule has 0 radical (unpaired) electrons. The Morgan fingerprint density at radius 3 is 1.64 bits per heavy atom. The molecule has 0 N–H and O–H groups in total. The molecule has 0 fully saturated rings.